The third-order valence-corrected chi connectivity index (χ3v) is 3.75. The number of anilines is 1. The largest absolute Gasteiger partial charge is 0.410 e. The second-order valence-electron chi connectivity index (χ2n) is 5.01. The van der Waals surface area contributed by atoms with Crippen molar-refractivity contribution in [2.24, 2.45) is 0 Å². The number of amides is 2. The number of carbonyl (C=O) groups is 1. The molecule has 0 aliphatic carbocycles. The number of hydrogen-bond donors (Lipinski definition) is 2. The van der Waals surface area contributed by atoms with E-state index in [2.05, 4.69) is 10.2 Å². The third kappa shape index (κ3) is 3.94. The van der Waals surface area contributed by atoms with Crippen molar-refractivity contribution in [3.8, 4) is 0 Å². The van der Waals surface area contributed by atoms with E-state index in [1.54, 1.807) is 0 Å². The van der Waals surface area contributed by atoms with E-state index >= 15 is 0 Å². The van der Waals surface area contributed by atoms with Crippen molar-refractivity contribution in [2.75, 3.05) is 26.0 Å². The number of methoxy groups -OCH3 is 1. The van der Waals surface area contributed by atoms with Crippen molar-refractivity contribution in [2.45, 2.75) is 24.7 Å². The molecular weight excluding hydrogens is 339 g/mol. The standard InChI is InChI=1S/C12H15ClF3N5O2/c1-23-3-2-7(6-4-9(17)19-20-10(6)13)21-5-8(12(14,15)16)18-11(21)22/h4,7-8H,2-3,5H2,1H3,(H2,17,19)(H,18,22)/t7-,8+/m1/s1. The first-order valence-electron chi connectivity index (χ1n) is 6.65. The molecule has 1 aromatic heterocycles. The van der Waals surface area contributed by atoms with Crippen LogP contribution in [0.15, 0.2) is 6.07 Å². The van der Waals surface area contributed by atoms with Crippen LogP contribution in [-0.2, 0) is 4.74 Å². The Bertz CT molecular complexity index is 586. The molecule has 1 fully saturated rings. The molecule has 128 valence electrons. The summed E-state index contributed by atoms with van der Waals surface area (Å²) in [7, 11) is 1.44. The van der Waals surface area contributed by atoms with Gasteiger partial charge >= 0.3 is 12.2 Å². The lowest BCUT2D eigenvalue weighted by atomic mass is 10.0. The Hall–Kier alpha value is -1.81. The number of aromatic nitrogens is 2. The summed E-state index contributed by atoms with van der Waals surface area (Å²) in [5.74, 6) is 0.0544. The SMILES string of the molecule is COCC[C@H](c1cc(N)nnc1Cl)N1C[C@@H](C(F)(F)F)NC1=O. The number of nitrogens with two attached hydrogens (primary N) is 1. The molecule has 2 heterocycles. The molecule has 0 saturated carbocycles. The van der Waals surface area contributed by atoms with E-state index in [1.165, 1.54) is 13.2 Å². The van der Waals surface area contributed by atoms with Crippen molar-refractivity contribution >= 4 is 23.4 Å². The van der Waals surface area contributed by atoms with Gasteiger partial charge < -0.3 is 20.7 Å². The van der Waals surface area contributed by atoms with Crippen molar-refractivity contribution in [1.29, 1.82) is 0 Å². The molecule has 23 heavy (non-hydrogen) atoms. The van der Waals surface area contributed by atoms with Gasteiger partial charge in [0.05, 0.1) is 12.6 Å². The van der Waals surface area contributed by atoms with Crippen LogP contribution < -0.4 is 11.1 Å². The summed E-state index contributed by atoms with van der Waals surface area (Å²) < 4.78 is 43.5. The highest BCUT2D eigenvalue weighted by Gasteiger charge is 2.48. The first-order valence-corrected chi connectivity index (χ1v) is 7.03. The average molecular weight is 354 g/mol. The Labute approximate surface area is 134 Å². The molecule has 2 rings (SSSR count). The Morgan fingerprint density at radius 2 is 2.26 bits per heavy atom. The van der Waals surface area contributed by atoms with E-state index in [1.807, 2.05) is 5.32 Å². The van der Waals surface area contributed by atoms with Crippen LogP contribution in [-0.4, -0.2) is 53.6 Å². The van der Waals surface area contributed by atoms with Crippen LogP contribution in [0.25, 0.3) is 0 Å². The fourth-order valence-electron chi connectivity index (χ4n) is 2.36. The van der Waals surface area contributed by atoms with Gasteiger partial charge in [0.25, 0.3) is 0 Å². The first-order chi connectivity index (χ1) is 10.7. The lowest BCUT2D eigenvalue weighted by molar-refractivity contribution is -0.150. The minimum atomic E-state index is -4.53. The highest BCUT2D eigenvalue weighted by Crippen LogP contribution is 2.34. The number of urea groups is 1. The first kappa shape index (κ1) is 17.5. The Kier molecular flexibility index (Phi) is 5.15. The highest BCUT2D eigenvalue weighted by atomic mass is 35.5. The minimum Gasteiger partial charge on any atom is -0.385 e. The summed E-state index contributed by atoms with van der Waals surface area (Å²) in [6.45, 7) is -0.320. The predicted molar refractivity (Wildman–Crippen MR) is 75.8 cm³/mol. The molecule has 0 spiro atoms. The van der Waals surface area contributed by atoms with Crippen LogP contribution in [0.2, 0.25) is 5.15 Å². The summed E-state index contributed by atoms with van der Waals surface area (Å²) in [5, 5.41) is 9.10. The molecule has 1 aliphatic heterocycles. The predicted octanol–water partition coefficient (Wildman–Crippen LogP) is 1.75. The summed E-state index contributed by atoms with van der Waals surface area (Å²) in [6.07, 6.45) is -4.30. The normalized spacial score (nSPS) is 19.8. The van der Waals surface area contributed by atoms with E-state index in [4.69, 9.17) is 22.1 Å². The maximum absolute atomic E-state index is 12.8. The zero-order valence-electron chi connectivity index (χ0n) is 12.1. The Morgan fingerprint density at radius 1 is 1.57 bits per heavy atom. The summed E-state index contributed by atoms with van der Waals surface area (Å²) in [6, 6.07) is -2.14. The van der Waals surface area contributed by atoms with E-state index in [9.17, 15) is 18.0 Å². The fourth-order valence-corrected chi connectivity index (χ4v) is 2.58. The number of nitrogens with one attached hydrogen (secondary N) is 1. The zero-order chi connectivity index (χ0) is 17.2. The van der Waals surface area contributed by atoms with Crippen LogP contribution in [0.1, 0.15) is 18.0 Å². The Morgan fingerprint density at radius 3 is 2.83 bits per heavy atom. The van der Waals surface area contributed by atoms with Gasteiger partial charge in [-0.3, -0.25) is 0 Å². The van der Waals surface area contributed by atoms with Gasteiger partial charge in [-0.25, -0.2) is 4.79 Å². The molecule has 7 nitrogen and oxygen atoms in total. The lowest BCUT2D eigenvalue weighted by Gasteiger charge is -2.27. The maximum atomic E-state index is 12.8. The smallest absolute Gasteiger partial charge is 0.385 e. The van der Waals surface area contributed by atoms with Gasteiger partial charge in [-0.1, -0.05) is 11.6 Å². The number of rotatable bonds is 5. The van der Waals surface area contributed by atoms with E-state index < -0.39 is 30.8 Å². The maximum Gasteiger partial charge on any atom is 0.410 e. The average Bonchev–Trinajstić information content (AvgIpc) is 2.85. The Balaban J connectivity index is 2.32. The van der Waals surface area contributed by atoms with Gasteiger partial charge in [0.2, 0.25) is 0 Å². The molecule has 1 saturated heterocycles. The van der Waals surface area contributed by atoms with Crippen LogP contribution >= 0.6 is 11.6 Å². The number of halogens is 4. The van der Waals surface area contributed by atoms with Gasteiger partial charge in [0.15, 0.2) is 5.15 Å². The number of nitrogen functional groups attached to an aromatic ring is 1. The van der Waals surface area contributed by atoms with Crippen LogP contribution in [0.3, 0.4) is 0 Å². The summed E-state index contributed by atoms with van der Waals surface area (Å²) in [4.78, 5) is 13.0. The quantitative estimate of drug-likeness (QED) is 0.841. The van der Waals surface area contributed by atoms with Gasteiger partial charge in [-0.2, -0.15) is 13.2 Å². The number of nitrogens with zero attached hydrogens (tertiary/aromatic N) is 3. The summed E-state index contributed by atoms with van der Waals surface area (Å²) in [5.41, 5.74) is 5.89. The molecule has 11 heteroatoms. The molecular formula is C12H15ClF3N5O2. The van der Waals surface area contributed by atoms with Crippen molar-refractivity contribution < 1.29 is 22.7 Å². The molecule has 0 bridgehead atoms. The third-order valence-electron chi connectivity index (χ3n) is 3.46. The van der Waals surface area contributed by atoms with Crippen LogP contribution in [0.5, 0.6) is 0 Å². The molecule has 2 atom stereocenters. The van der Waals surface area contributed by atoms with E-state index in [-0.39, 0.29) is 24.0 Å². The van der Waals surface area contributed by atoms with Crippen molar-refractivity contribution in [1.82, 2.24) is 20.4 Å². The van der Waals surface area contributed by atoms with Crippen molar-refractivity contribution in [3.63, 3.8) is 0 Å². The van der Waals surface area contributed by atoms with E-state index in [0.717, 1.165) is 4.90 Å². The van der Waals surface area contributed by atoms with Gasteiger partial charge in [-0.15, -0.1) is 10.2 Å². The topological polar surface area (TPSA) is 93.4 Å². The molecule has 0 aromatic carbocycles. The highest BCUT2D eigenvalue weighted by molar-refractivity contribution is 6.30. The van der Waals surface area contributed by atoms with Crippen LogP contribution in [0.4, 0.5) is 23.8 Å². The molecule has 1 aromatic rings. The fraction of sp³-hybridized carbons (Fsp3) is 0.583. The lowest BCUT2D eigenvalue weighted by Crippen LogP contribution is -2.40. The van der Waals surface area contributed by atoms with E-state index in [0.29, 0.717) is 5.56 Å². The van der Waals surface area contributed by atoms with Gasteiger partial charge in [0.1, 0.15) is 11.9 Å². The number of hydrogen-bond acceptors (Lipinski definition) is 5. The van der Waals surface area contributed by atoms with Crippen molar-refractivity contribution in [3.05, 3.63) is 16.8 Å². The van der Waals surface area contributed by atoms with Gasteiger partial charge in [0, 0.05) is 19.3 Å². The second-order valence-corrected chi connectivity index (χ2v) is 5.37. The molecule has 3 N–H and O–H groups in total. The molecule has 0 unspecified atom stereocenters. The zero-order valence-corrected chi connectivity index (χ0v) is 12.9. The van der Waals surface area contributed by atoms with Crippen LogP contribution in [0, 0.1) is 0 Å². The minimum absolute atomic E-state index is 0.0245. The van der Waals surface area contributed by atoms with Gasteiger partial charge in [-0.05, 0) is 12.5 Å². The molecule has 1 aliphatic rings. The number of carbonyl (C=O) groups excluding carboxylic acids is 1. The monoisotopic (exact) mass is 353 g/mol. The number of ether oxygens (including phenoxy) is 1. The summed E-state index contributed by atoms with van der Waals surface area (Å²) >= 11 is 5.97. The second kappa shape index (κ2) is 6.75. The molecule has 2 amide bonds. The molecule has 0 radical (unpaired) electrons. The number of alkyl halides is 3.